The lowest BCUT2D eigenvalue weighted by Gasteiger charge is -2.10. The summed E-state index contributed by atoms with van der Waals surface area (Å²) >= 11 is 0. The largest absolute Gasteiger partial charge is 0.416 e. The van der Waals surface area contributed by atoms with E-state index < -0.39 is 11.7 Å². The highest BCUT2D eigenvalue weighted by atomic mass is 19.4. The van der Waals surface area contributed by atoms with E-state index in [0.717, 1.165) is 24.2 Å². The highest BCUT2D eigenvalue weighted by Gasteiger charge is 2.29. The van der Waals surface area contributed by atoms with Crippen molar-refractivity contribution in [3.8, 4) is 0 Å². The SMILES string of the molecule is CNCc1cccc(CNc2ccc(C(F)(F)F)cc2)c1. The third-order valence-electron chi connectivity index (χ3n) is 3.08. The zero-order valence-electron chi connectivity index (χ0n) is 11.7. The van der Waals surface area contributed by atoms with E-state index in [-0.39, 0.29) is 0 Å². The van der Waals surface area contributed by atoms with Gasteiger partial charge in [0, 0.05) is 18.8 Å². The molecule has 0 fully saturated rings. The molecule has 5 heteroatoms. The van der Waals surface area contributed by atoms with E-state index in [1.165, 1.54) is 17.7 Å². The molecule has 0 bridgehead atoms. The highest BCUT2D eigenvalue weighted by Crippen LogP contribution is 2.29. The van der Waals surface area contributed by atoms with Gasteiger partial charge in [-0.1, -0.05) is 24.3 Å². The van der Waals surface area contributed by atoms with Crippen LogP contribution in [0.15, 0.2) is 48.5 Å². The number of alkyl halides is 3. The topological polar surface area (TPSA) is 24.1 Å². The van der Waals surface area contributed by atoms with Crippen LogP contribution in [-0.2, 0) is 19.3 Å². The molecule has 0 spiro atoms. The number of nitrogens with one attached hydrogen (secondary N) is 2. The number of benzene rings is 2. The van der Waals surface area contributed by atoms with Crippen LogP contribution < -0.4 is 10.6 Å². The van der Waals surface area contributed by atoms with Crippen molar-refractivity contribution < 1.29 is 13.2 Å². The molecule has 0 unspecified atom stereocenters. The van der Waals surface area contributed by atoms with Gasteiger partial charge in [0.15, 0.2) is 0 Å². The van der Waals surface area contributed by atoms with Crippen LogP contribution in [0, 0.1) is 0 Å². The van der Waals surface area contributed by atoms with Crippen molar-refractivity contribution >= 4 is 5.69 Å². The third kappa shape index (κ3) is 4.49. The van der Waals surface area contributed by atoms with E-state index in [4.69, 9.17) is 0 Å². The molecule has 2 N–H and O–H groups in total. The highest BCUT2D eigenvalue weighted by molar-refractivity contribution is 5.45. The van der Waals surface area contributed by atoms with Gasteiger partial charge in [0.2, 0.25) is 0 Å². The molecule has 0 radical (unpaired) electrons. The Hall–Kier alpha value is -2.01. The Morgan fingerprint density at radius 2 is 1.52 bits per heavy atom. The number of hydrogen-bond donors (Lipinski definition) is 2. The third-order valence-corrected chi connectivity index (χ3v) is 3.08. The standard InChI is InChI=1S/C16H17F3N2/c1-20-10-12-3-2-4-13(9-12)11-21-15-7-5-14(6-8-15)16(17,18)19/h2-9,20-21H,10-11H2,1H3. The zero-order chi connectivity index (χ0) is 15.3. The summed E-state index contributed by atoms with van der Waals surface area (Å²) in [6.45, 7) is 1.36. The maximum atomic E-state index is 12.5. The van der Waals surface area contributed by atoms with E-state index in [1.807, 2.05) is 25.2 Å². The molecule has 21 heavy (non-hydrogen) atoms. The Kier molecular flexibility index (Phi) is 4.85. The first kappa shape index (κ1) is 15.4. The Morgan fingerprint density at radius 1 is 0.905 bits per heavy atom. The Bertz CT molecular complexity index is 577. The fraction of sp³-hybridized carbons (Fsp3) is 0.250. The molecular weight excluding hydrogens is 277 g/mol. The summed E-state index contributed by atoms with van der Waals surface area (Å²) in [6.07, 6.45) is -4.29. The Labute approximate surface area is 122 Å². The van der Waals surface area contributed by atoms with Crippen molar-refractivity contribution in [2.24, 2.45) is 0 Å². The lowest BCUT2D eigenvalue weighted by Crippen LogP contribution is -2.07. The molecule has 0 aliphatic heterocycles. The maximum Gasteiger partial charge on any atom is 0.416 e. The van der Waals surface area contributed by atoms with Crippen LogP contribution in [0.3, 0.4) is 0 Å². The van der Waals surface area contributed by atoms with Crippen LogP contribution in [0.4, 0.5) is 18.9 Å². The van der Waals surface area contributed by atoms with Gasteiger partial charge in [0.1, 0.15) is 0 Å². The first-order valence-electron chi connectivity index (χ1n) is 6.62. The molecule has 0 amide bonds. The molecule has 0 aliphatic rings. The molecule has 2 rings (SSSR count). The summed E-state index contributed by atoms with van der Waals surface area (Å²) in [5.74, 6) is 0. The average molecular weight is 294 g/mol. The van der Waals surface area contributed by atoms with Crippen LogP contribution in [0.5, 0.6) is 0 Å². The first-order valence-corrected chi connectivity index (χ1v) is 6.62. The van der Waals surface area contributed by atoms with Crippen molar-refractivity contribution in [3.05, 3.63) is 65.2 Å². The molecule has 0 heterocycles. The fourth-order valence-corrected chi connectivity index (χ4v) is 2.03. The predicted molar refractivity (Wildman–Crippen MR) is 78.0 cm³/mol. The molecule has 2 nitrogen and oxygen atoms in total. The lowest BCUT2D eigenvalue weighted by atomic mass is 10.1. The molecule has 0 saturated heterocycles. The number of hydrogen-bond acceptors (Lipinski definition) is 2. The minimum absolute atomic E-state index is 0.572. The van der Waals surface area contributed by atoms with Crippen LogP contribution >= 0.6 is 0 Å². The summed E-state index contributed by atoms with van der Waals surface area (Å²) in [7, 11) is 1.88. The lowest BCUT2D eigenvalue weighted by molar-refractivity contribution is -0.137. The molecule has 2 aromatic carbocycles. The first-order chi connectivity index (χ1) is 9.99. The van der Waals surface area contributed by atoms with Crippen molar-refractivity contribution in [2.75, 3.05) is 12.4 Å². The summed E-state index contributed by atoms with van der Waals surface area (Å²) in [6, 6.07) is 13.1. The second-order valence-electron chi connectivity index (χ2n) is 4.78. The minimum atomic E-state index is -4.29. The summed E-state index contributed by atoms with van der Waals surface area (Å²) in [5, 5.41) is 6.20. The smallest absolute Gasteiger partial charge is 0.381 e. The van der Waals surface area contributed by atoms with Gasteiger partial charge in [-0.15, -0.1) is 0 Å². The van der Waals surface area contributed by atoms with Crippen LogP contribution in [0.25, 0.3) is 0 Å². The Morgan fingerprint density at radius 3 is 2.10 bits per heavy atom. The molecule has 112 valence electrons. The van der Waals surface area contributed by atoms with Crippen LogP contribution in [0.1, 0.15) is 16.7 Å². The van der Waals surface area contributed by atoms with E-state index in [1.54, 1.807) is 0 Å². The monoisotopic (exact) mass is 294 g/mol. The van der Waals surface area contributed by atoms with E-state index in [2.05, 4.69) is 16.7 Å². The zero-order valence-corrected chi connectivity index (χ0v) is 11.7. The van der Waals surface area contributed by atoms with Gasteiger partial charge in [-0.2, -0.15) is 13.2 Å². The van der Waals surface area contributed by atoms with E-state index >= 15 is 0 Å². The normalized spacial score (nSPS) is 11.4. The number of anilines is 1. The predicted octanol–water partition coefficient (Wildman–Crippen LogP) is 4.04. The van der Waals surface area contributed by atoms with Gasteiger partial charge in [0.25, 0.3) is 0 Å². The minimum Gasteiger partial charge on any atom is -0.381 e. The number of rotatable bonds is 5. The van der Waals surface area contributed by atoms with E-state index in [9.17, 15) is 13.2 Å². The molecule has 0 saturated carbocycles. The van der Waals surface area contributed by atoms with Gasteiger partial charge in [-0.3, -0.25) is 0 Å². The van der Waals surface area contributed by atoms with Crippen molar-refractivity contribution in [2.45, 2.75) is 19.3 Å². The average Bonchev–Trinajstić information content (AvgIpc) is 2.45. The second-order valence-corrected chi connectivity index (χ2v) is 4.78. The molecule has 0 atom stereocenters. The van der Waals surface area contributed by atoms with Gasteiger partial charge in [-0.05, 0) is 42.4 Å². The number of halogens is 3. The molecule has 2 aromatic rings. The van der Waals surface area contributed by atoms with Crippen molar-refractivity contribution in [1.29, 1.82) is 0 Å². The molecule has 0 aliphatic carbocycles. The van der Waals surface area contributed by atoms with Crippen molar-refractivity contribution in [1.82, 2.24) is 5.32 Å². The quantitative estimate of drug-likeness (QED) is 0.869. The fourth-order valence-electron chi connectivity index (χ4n) is 2.03. The Balaban J connectivity index is 1.98. The molecular formula is C16H17F3N2. The van der Waals surface area contributed by atoms with Gasteiger partial charge >= 0.3 is 6.18 Å². The summed E-state index contributed by atoms with van der Waals surface area (Å²) in [5.41, 5.74) is 2.29. The van der Waals surface area contributed by atoms with E-state index in [0.29, 0.717) is 12.2 Å². The van der Waals surface area contributed by atoms with Crippen LogP contribution in [-0.4, -0.2) is 7.05 Å². The maximum absolute atomic E-state index is 12.5. The summed E-state index contributed by atoms with van der Waals surface area (Å²) < 4.78 is 37.4. The van der Waals surface area contributed by atoms with Gasteiger partial charge in [0.05, 0.1) is 5.56 Å². The second kappa shape index (κ2) is 6.63. The van der Waals surface area contributed by atoms with Crippen LogP contribution in [0.2, 0.25) is 0 Å². The summed E-state index contributed by atoms with van der Waals surface area (Å²) in [4.78, 5) is 0. The van der Waals surface area contributed by atoms with Gasteiger partial charge < -0.3 is 10.6 Å². The molecule has 0 aromatic heterocycles. The van der Waals surface area contributed by atoms with Crippen molar-refractivity contribution in [3.63, 3.8) is 0 Å². The van der Waals surface area contributed by atoms with Gasteiger partial charge in [-0.25, -0.2) is 0 Å².